The van der Waals surface area contributed by atoms with Crippen LogP contribution in [0.3, 0.4) is 0 Å². The van der Waals surface area contributed by atoms with Gasteiger partial charge in [-0.15, -0.1) is 0 Å². The predicted molar refractivity (Wildman–Crippen MR) is 136 cm³/mol. The van der Waals surface area contributed by atoms with Crippen LogP contribution in [0.1, 0.15) is 57.6 Å². The first kappa shape index (κ1) is 25.3. The van der Waals surface area contributed by atoms with E-state index < -0.39 is 10.0 Å². The van der Waals surface area contributed by atoms with Crippen LogP contribution in [0.2, 0.25) is 0 Å². The highest BCUT2D eigenvalue weighted by Crippen LogP contribution is 2.26. The van der Waals surface area contributed by atoms with Crippen LogP contribution in [0.15, 0.2) is 59.5 Å². The number of methoxy groups -OCH3 is 1. The van der Waals surface area contributed by atoms with Gasteiger partial charge in [0, 0.05) is 11.3 Å². The van der Waals surface area contributed by atoms with E-state index in [0.29, 0.717) is 17.7 Å². The van der Waals surface area contributed by atoms with Crippen LogP contribution in [0.4, 0.5) is 5.69 Å². The highest BCUT2D eigenvalue weighted by atomic mass is 32.2. The molecular weight excluding hydrogens is 448 g/mol. The lowest BCUT2D eigenvalue weighted by Gasteiger charge is -2.19. The first-order chi connectivity index (χ1) is 16.0. The summed E-state index contributed by atoms with van der Waals surface area (Å²) in [6.45, 7) is 9.48. The van der Waals surface area contributed by atoms with Crippen LogP contribution in [-0.4, -0.2) is 21.4 Å². The average molecular weight is 481 g/mol. The molecule has 0 aliphatic carbocycles. The van der Waals surface area contributed by atoms with Crippen LogP contribution >= 0.6 is 0 Å². The van der Waals surface area contributed by atoms with Gasteiger partial charge in [-0.1, -0.05) is 31.2 Å². The molecule has 2 N–H and O–H groups in total. The van der Waals surface area contributed by atoms with E-state index in [2.05, 4.69) is 10.0 Å². The minimum atomic E-state index is -3.88. The normalized spacial score (nSPS) is 12.2. The molecule has 0 radical (unpaired) electrons. The highest BCUT2D eigenvalue weighted by Gasteiger charge is 2.21. The van der Waals surface area contributed by atoms with E-state index in [0.717, 1.165) is 28.0 Å². The molecule has 180 valence electrons. The van der Waals surface area contributed by atoms with Crippen molar-refractivity contribution < 1.29 is 17.9 Å². The fourth-order valence-corrected chi connectivity index (χ4v) is 5.37. The number of carbonyl (C=O) groups is 1. The molecule has 1 atom stereocenters. The van der Waals surface area contributed by atoms with E-state index in [1.165, 1.54) is 6.07 Å². The van der Waals surface area contributed by atoms with Gasteiger partial charge >= 0.3 is 0 Å². The van der Waals surface area contributed by atoms with Crippen molar-refractivity contribution in [2.45, 2.75) is 52.0 Å². The summed E-state index contributed by atoms with van der Waals surface area (Å²) >= 11 is 0. The van der Waals surface area contributed by atoms with Crippen molar-refractivity contribution in [2.24, 2.45) is 0 Å². The number of benzene rings is 3. The summed E-state index contributed by atoms with van der Waals surface area (Å²) in [5.41, 5.74) is 5.21. The SMILES string of the molecule is CC[C@H](NC(=O)c1ccc(C)c(S(=O)(=O)Nc2cc(C)cc(C)c2)c1)c1ccc(OC)c(C)c1. The second-order valence-corrected chi connectivity index (χ2v) is 10.3. The van der Waals surface area contributed by atoms with Crippen molar-refractivity contribution in [3.8, 4) is 5.75 Å². The number of amides is 1. The molecule has 34 heavy (non-hydrogen) atoms. The van der Waals surface area contributed by atoms with Gasteiger partial charge in [-0.3, -0.25) is 9.52 Å². The van der Waals surface area contributed by atoms with Crippen molar-refractivity contribution in [2.75, 3.05) is 11.8 Å². The van der Waals surface area contributed by atoms with Gasteiger partial charge in [0.1, 0.15) is 5.75 Å². The number of hydrogen-bond acceptors (Lipinski definition) is 4. The van der Waals surface area contributed by atoms with Gasteiger partial charge in [0.05, 0.1) is 18.0 Å². The third-order valence-electron chi connectivity index (χ3n) is 5.75. The number of hydrogen-bond donors (Lipinski definition) is 2. The number of aryl methyl sites for hydroxylation is 4. The van der Waals surface area contributed by atoms with Crippen LogP contribution in [0, 0.1) is 27.7 Å². The van der Waals surface area contributed by atoms with Gasteiger partial charge < -0.3 is 10.1 Å². The fraction of sp³-hybridized carbons (Fsp3) is 0.296. The Morgan fingerprint density at radius 3 is 2.18 bits per heavy atom. The molecule has 0 spiro atoms. The molecule has 1 amide bonds. The summed E-state index contributed by atoms with van der Waals surface area (Å²) in [5.74, 6) is 0.456. The molecule has 0 aliphatic heterocycles. The quantitative estimate of drug-likeness (QED) is 0.439. The van der Waals surface area contributed by atoms with E-state index >= 15 is 0 Å². The van der Waals surface area contributed by atoms with Crippen molar-refractivity contribution in [1.29, 1.82) is 0 Å². The van der Waals surface area contributed by atoms with E-state index in [1.54, 1.807) is 38.3 Å². The molecule has 0 heterocycles. The summed E-state index contributed by atoms with van der Waals surface area (Å²) in [5, 5.41) is 3.03. The zero-order valence-corrected chi connectivity index (χ0v) is 21.3. The second-order valence-electron chi connectivity index (χ2n) is 8.63. The Balaban J connectivity index is 1.86. The minimum absolute atomic E-state index is 0.0765. The van der Waals surface area contributed by atoms with Crippen molar-refractivity contribution in [3.63, 3.8) is 0 Å². The molecule has 6 nitrogen and oxygen atoms in total. The van der Waals surface area contributed by atoms with Gasteiger partial charge in [-0.2, -0.15) is 0 Å². The Labute approximate surface area is 202 Å². The molecule has 3 rings (SSSR count). The van der Waals surface area contributed by atoms with Crippen LogP contribution in [0.5, 0.6) is 5.75 Å². The molecule has 3 aromatic carbocycles. The summed E-state index contributed by atoms with van der Waals surface area (Å²) in [7, 11) is -2.25. The third-order valence-corrected chi connectivity index (χ3v) is 7.27. The predicted octanol–water partition coefficient (Wildman–Crippen LogP) is 5.61. The largest absolute Gasteiger partial charge is 0.496 e. The molecule has 0 aromatic heterocycles. The molecule has 0 saturated heterocycles. The Bertz CT molecular complexity index is 1300. The Kier molecular flexibility index (Phi) is 7.67. The second kappa shape index (κ2) is 10.3. The summed E-state index contributed by atoms with van der Waals surface area (Å²) in [6, 6.07) is 15.9. The molecule has 0 bridgehead atoms. The molecule has 7 heteroatoms. The summed E-state index contributed by atoms with van der Waals surface area (Å²) in [6.07, 6.45) is 0.683. The van der Waals surface area contributed by atoms with Crippen molar-refractivity contribution in [1.82, 2.24) is 5.32 Å². The zero-order valence-electron chi connectivity index (χ0n) is 20.5. The summed E-state index contributed by atoms with van der Waals surface area (Å²) in [4.78, 5) is 13.2. The lowest BCUT2D eigenvalue weighted by Crippen LogP contribution is -2.28. The maximum absolute atomic E-state index is 13.2. The van der Waals surface area contributed by atoms with E-state index in [-0.39, 0.29) is 22.4 Å². The average Bonchev–Trinajstić information content (AvgIpc) is 2.76. The number of rotatable bonds is 8. The smallest absolute Gasteiger partial charge is 0.262 e. The van der Waals surface area contributed by atoms with Crippen molar-refractivity contribution in [3.05, 3.63) is 88.0 Å². The standard InChI is InChI=1S/C27H32N2O4S/c1-7-24(21-10-11-25(33-6)20(5)15-21)28-27(30)22-9-8-19(4)26(16-22)34(31,32)29-23-13-17(2)12-18(3)14-23/h8-16,24,29H,7H2,1-6H3,(H,28,30)/t24-/m0/s1. The van der Waals surface area contributed by atoms with Gasteiger partial charge in [0.2, 0.25) is 0 Å². The maximum atomic E-state index is 13.2. The lowest BCUT2D eigenvalue weighted by atomic mass is 10.0. The van der Waals surface area contributed by atoms with Gasteiger partial charge in [0.15, 0.2) is 0 Å². The molecule has 0 aliphatic rings. The van der Waals surface area contributed by atoms with E-state index in [9.17, 15) is 13.2 Å². The van der Waals surface area contributed by atoms with Gasteiger partial charge in [-0.25, -0.2) is 8.42 Å². The molecular formula is C27H32N2O4S. The van der Waals surface area contributed by atoms with E-state index in [4.69, 9.17) is 4.74 Å². The Hall–Kier alpha value is -3.32. The molecule has 3 aromatic rings. The van der Waals surface area contributed by atoms with E-state index in [1.807, 2.05) is 52.0 Å². The van der Waals surface area contributed by atoms with Crippen LogP contribution in [0.25, 0.3) is 0 Å². The zero-order chi connectivity index (χ0) is 25.0. The number of carbonyl (C=O) groups excluding carboxylic acids is 1. The lowest BCUT2D eigenvalue weighted by molar-refractivity contribution is 0.0935. The van der Waals surface area contributed by atoms with Gasteiger partial charge in [-0.05, 0) is 92.3 Å². The number of anilines is 1. The van der Waals surface area contributed by atoms with Gasteiger partial charge in [0.25, 0.3) is 15.9 Å². The number of sulfonamides is 1. The van der Waals surface area contributed by atoms with Crippen LogP contribution in [-0.2, 0) is 10.0 Å². The topological polar surface area (TPSA) is 84.5 Å². The summed E-state index contributed by atoms with van der Waals surface area (Å²) < 4.78 is 34.3. The maximum Gasteiger partial charge on any atom is 0.262 e. The van der Waals surface area contributed by atoms with Crippen molar-refractivity contribution >= 4 is 21.6 Å². The highest BCUT2D eigenvalue weighted by molar-refractivity contribution is 7.92. The molecule has 0 fully saturated rings. The molecule has 0 saturated carbocycles. The monoisotopic (exact) mass is 480 g/mol. The third kappa shape index (κ3) is 5.78. The first-order valence-electron chi connectivity index (χ1n) is 11.2. The number of nitrogens with one attached hydrogen (secondary N) is 2. The fourth-order valence-electron chi connectivity index (χ4n) is 4.06. The Morgan fingerprint density at radius 2 is 1.59 bits per heavy atom. The minimum Gasteiger partial charge on any atom is -0.496 e. The number of ether oxygens (including phenoxy) is 1. The Morgan fingerprint density at radius 1 is 0.912 bits per heavy atom. The first-order valence-corrected chi connectivity index (χ1v) is 12.7. The van der Waals surface area contributed by atoms with Crippen LogP contribution < -0.4 is 14.8 Å². The molecule has 0 unspecified atom stereocenters.